The first-order chi connectivity index (χ1) is 12.1. The number of hydrogen-bond donors (Lipinski definition) is 1. The zero-order chi connectivity index (χ0) is 17.6. The van der Waals surface area contributed by atoms with E-state index in [1.165, 1.54) is 0 Å². The van der Waals surface area contributed by atoms with Crippen molar-refractivity contribution in [2.75, 3.05) is 19.6 Å². The van der Waals surface area contributed by atoms with Gasteiger partial charge in [-0.15, -0.1) is 0 Å². The number of nitrogens with zero attached hydrogens (tertiary/aromatic N) is 2. The molecule has 1 aliphatic heterocycles. The number of piperazine rings is 1. The van der Waals surface area contributed by atoms with Crippen molar-refractivity contribution in [2.45, 2.75) is 32.4 Å². The minimum atomic E-state index is 0.0472. The van der Waals surface area contributed by atoms with E-state index >= 15 is 0 Å². The minimum absolute atomic E-state index is 0.0472. The Morgan fingerprint density at radius 1 is 1.32 bits per heavy atom. The Labute approximate surface area is 149 Å². The molecule has 1 N–H and O–H groups in total. The summed E-state index contributed by atoms with van der Waals surface area (Å²) in [7, 11) is 0. The maximum Gasteiger partial charge on any atom is 0.227 e. The molecule has 25 heavy (non-hydrogen) atoms. The van der Waals surface area contributed by atoms with Crippen molar-refractivity contribution in [2.24, 2.45) is 0 Å². The largest absolute Gasteiger partial charge is 0.491 e. The quantitative estimate of drug-likeness (QED) is 0.910. The van der Waals surface area contributed by atoms with E-state index in [0.717, 1.165) is 30.0 Å². The van der Waals surface area contributed by atoms with Gasteiger partial charge in [-0.3, -0.25) is 9.78 Å². The molecule has 0 aliphatic carbocycles. The number of pyridine rings is 1. The molecule has 5 heteroatoms. The summed E-state index contributed by atoms with van der Waals surface area (Å²) in [6.45, 7) is 6.33. The molecule has 1 aromatic carbocycles. The van der Waals surface area contributed by atoms with Gasteiger partial charge in [0.1, 0.15) is 5.75 Å². The van der Waals surface area contributed by atoms with Crippen molar-refractivity contribution in [1.82, 2.24) is 15.2 Å². The van der Waals surface area contributed by atoms with Crippen LogP contribution in [0, 0.1) is 0 Å². The van der Waals surface area contributed by atoms with Crippen LogP contribution >= 0.6 is 0 Å². The highest BCUT2D eigenvalue weighted by molar-refractivity contribution is 5.79. The standard InChI is InChI=1S/C20H25N3O2/c1-15(2)25-18-7-5-17(6-8-18)19-14-22-10-11-23(19)20(24)12-16-4-3-9-21-13-16/h3-9,13,15,19,22H,10-12,14H2,1-2H3/t19-/m0/s1. The average molecular weight is 339 g/mol. The monoisotopic (exact) mass is 339 g/mol. The van der Waals surface area contributed by atoms with E-state index in [2.05, 4.69) is 22.4 Å². The van der Waals surface area contributed by atoms with Gasteiger partial charge >= 0.3 is 0 Å². The molecule has 0 bridgehead atoms. The Morgan fingerprint density at radius 2 is 2.12 bits per heavy atom. The van der Waals surface area contributed by atoms with E-state index in [1.54, 1.807) is 12.4 Å². The van der Waals surface area contributed by atoms with Crippen molar-refractivity contribution in [3.05, 3.63) is 59.9 Å². The number of rotatable bonds is 5. The second-order valence-electron chi connectivity index (χ2n) is 6.58. The molecule has 1 atom stereocenters. The number of hydrogen-bond acceptors (Lipinski definition) is 4. The lowest BCUT2D eigenvalue weighted by atomic mass is 10.0. The van der Waals surface area contributed by atoms with Gasteiger partial charge in [-0.1, -0.05) is 18.2 Å². The van der Waals surface area contributed by atoms with Crippen LogP contribution in [0.25, 0.3) is 0 Å². The van der Waals surface area contributed by atoms with Crippen LogP contribution in [0.15, 0.2) is 48.8 Å². The van der Waals surface area contributed by atoms with E-state index in [-0.39, 0.29) is 18.1 Å². The first-order valence-corrected chi connectivity index (χ1v) is 8.79. The zero-order valence-electron chi connectivity index (χ0n) is 14.8. The SMILES string of the molecule is CC(C)Oc1ccc([C@@H]2CNCCN2C(=O)Cc2cccnc2)cc1. The summed E-state index contributed by atoms with van der Waals surface area (Å²) >= 11 is 0. The van der Waals surface area contributed by atoms with Gasteiger partial charge in [0.15, 0.2) is 0 Å². The Bertz CT molecular complexity index is 686. The van der Waals surface area contributed by atoms with Crippen LogP contribution in [0.2, 0.25) is 0 Å². The second kappa shape index (κ2) is 8.12. The lowest BCUT2D eigenvalue weighted by Gasteiger charge is -2.36. The minimum Gasteiger partial charge on any atom is -0.491 e. The molecule has 5 nitrogen and oxygen atoms in total. The van der Waals surface area contributed by atoms with Gasteiger partial charge in [0.25, 0.3) is 0 Å². The highest BCUT2D eigenvalue weighted by atomic mass is 16.5. The number of ether oxygens (including phenoxy) is 1. The van der Waals surface area contributed by atoms with Crippen LogP contribution in [-0.2, 0) is 11.2 Å². The van der Waals surface area contributed by atoms with Gasteiger partial charge in [0.2, 0.25) is 5.91 Å². The molecular formula is C20H25N3O2. The first-order valence-electron chi connectivity index (χ1n) is 8.79. The molecule has 1 fully saturated rings. The molecule has 1 aliphatic rings. The summed E-state index contributed by atoms with van der Waals surface area (Å²) in [5, 5.41) is 3.39. The van der Waals surface area contributed by atoms with E-state index in [0.29, 0.717) is 13.0 Å². The van der Waals surface area contributed by atoms with Crippen LogP contribution < -0.4 is 10.1 Å². The van der Waals surface area contributed by atoms with Crippen LogP contribution in [0.5, 0.6) is 5.75 Å². The highest BCUT2D eigenvalue weighted by Crippen LogP contribution is 2.25. The summed E-state index contributed by atoms with van der Waals surface area (Å²) in [6, 6.07) is 11.9. The van der Waals surface area contributed by atoms with Gasteiger partial charge < -0.3 is 15.0 Å². The third-order valence-electron chi connectivity index (χ3n) is 4.28. The van der Waals surface area contributed by atoms with E-state index < -0.39 is 0 Å². The lowest BCUT2D eigenvalue weighted by molar-refractivity contribution is -0.133. The number of benzene rings is 1. The Kier molecular flexibility index (Phi) is 5.66. The summed E-state index contributed by atoms with van der Waals surface area (Å²) in [6.07, 6.45) is 4.02. The highest BCUT2D eigenvalue weighted by Gasteiger charge is 2.27. The van der Waals surface area contributed by atoms with Crippen molar-refractivity contribution < 1.29 is 9.53 Å². The molecule has 0 radical (unpaired) electrons. The normalized spacial score (nSPS) is 17.6. The molecule has 0 saturated carbocycles. The van der Waals surface area contributed by atoms with Crippen molar-refractivity contribution >= 4 is 5.91 Å². The van der Waals surface area contributed by atoms with Crippen LogP contribution in [0.1, 0.15) is 31.0 Å². The van der Waals surface area contributed by atoms with Gasteiger partial charge in [-0.05, 0) is 43.2 Å². The molecule has 1 aromatic heterocycles. The molecule has 2 aromatic rings. The smallest absolute Gasteiger partial charge is 0.227 e. The molecule has 3 rings (SSSR count). The Balaban J connectivity index is 1.73. The average Bonchev–Trinajstić information content (AvgIpc) is 2.63. The molecule has 2 heterocycles. The first kappa shape index (κ1) is 17.4. The van der Waals surface area contributed by atoms with Crippen LogP contribution in [0.4, 0.5) is 0 Å². The fourth-order valence-corrected chi connectivity index (χ4v) is 3.12. The fraction of sp³-hybridized carbons (Fsp3) is 0.400. The van der Waals surface area contributed by atoms with E-state index in [1.807, 2.05) is 43.0 Å². The van der Waals surface area contributed by atoms with Gasteiger partial charge in [-0.2, -0.15) is 0 Å². The fourth-order valence-electron chi connectivity index (χ4n) is 3.12. The molecule has 132 valence electrons. The predicted molar refractivity (Wildman–Crippen MR) is 97.5 cm³/mol. The van der Waals surface area contributed by atoms with Crippen LogP contribution in [-0.4, -0.2) is 41.5 Å². The van der Waals surface area contributed by atoms with Gasteiger partial charge in [-0.25, -0.2) is 0 Å². The number of nitrogens with one attached hydrogen (secondary N) is 1. The third kappa shape index (κ3) is 4.57. The molecule has 1 amide bonds. The van der Waals surface area contributed by atoms with Crippen molar-refractivity contribution in [1.29, 1.82) is 0 Å². The number of amides is 1. The van der Waals surface area contributed by atoms with Gasteiger partial charge in [0, 0.05) is 32.0 Å². The van der Waals surface area contributed by atoms with Crippen molar-refractivity contribution in [3.63, 3.8) is 0 Å². The topological polar surface area (TPSA) is 54.5 Å². The summed E-state index contributed by atoms with van der Waals surface area (Å²) < 4.78 is 5.71. The summed E-state index contributed by atoms with van der Waals surface area (Å²) in [5.74, 6) is 0.998. The molecule has 0 spiro atoms. The molecular weight excluding hydrogens is 314 g/mol. The maximum atomic E-state index is 12.8. The molecule has 0 unspecified atom stereocenters. The number of aromatic nitrogens is 1. The van der Waals surface area contributed by atoms with Crippen LogP contribution in [0.3, 0.4) is 0 Å². The summed E-state index contributed by atoms with van der Waals surface area (Å²) in [4.78, 5) is 18.9. The third-order valence-corrected chi connectivity index (χ3v) is 4.28. The maximum absolute atomic E-state index is 12.8. The van der Waals surface area contributed by atoms with Crippen molar-refractivity contribution in [3.8, 4) is 5.75 Å². The Hall–Kier alpha value is -2.40. The summed E-state index contributed by atoms with van der Waals surface area (Å²) in [5.41, 5.74) is 2.08. The van der Waals surface area contributed by atoms with Gasteiger partial charge in [0.05, 0.1) is 18.6 Å². The number of carbonyl (C=O) groups is 1. The predicted octanol–water partition coefficient (Wildman–Crippen LogP) is 2.58. The second-order valence-corrected chi connectivity index (χ2v) is 6.58. The number of carbonyl (C=O) groups excluding carboxylic acids is 1. The Morgan fingerprint density at radius 3 is 2.80 bits per heavy atom. The zero-order valence-corrected chi connectivity index (χ0v) is 14.8. The van der Waals surface area contributed by atoms with E-state index in [4.69, 9.17) is 4.74 Å². The molecule has 1 saturated heterocycles. The lowest BCUT2D eigenvalue weighted by Crippen LogP contribution is -2.49. The van der Waals surface area contributed by atoms with E-state index in [9.17, 15) is 4.79 Å².